The van der Waals surface area contributed by atoms with Gasteiger partial charge in [0.25, 0.3) is 0 Å². The minimum absolute atomic E-state index is 0. The molecular weight excluding hydrogens is 480 g/mol. The number of hydrogen-bond donors (Lipinski definition) is 2. The number of fused-ring (bicyclic) bond motifs is 3. The minimum atomic E-state index is -1.14. The number of likely N-dealkylation sites (tertiary alicyclic amines) is 1. The summed E-state index contributed by atoms with van der Waals surface area (Å²) in [5, 5.41) is 11.3. The van der Waals surface area contributed by atoms with Gasteiger partial charge in [-0.15, -0.1) is 0 Å². The maximum Gasteiger partial charge on any atom is 0.329 e. The van der Waals surface area contributed by atoms with Crippen molar-refractivity contribution in [2.45, 2.75) is 37.4 Å². The molecule has 194 valence electrons. The molecule has 3 atom stereocenters. The average Bonchev–Trinajstić information content (AvgIpc) is 3.48. The van der Waals surface area contributed by atoms with Crippen molar-refractivity contribution >= 4 is 40.2 Å². The van der Waals surface area contributed by atoms with E-state index >= 15 is 0 Å². The molecule has 2 bridgehead atoms. The van der Waals surface area contributed by atoms with Crippen molar-refractivity contribution in [3.05, 3.63) is 96.7 Å². The second kappa shape index (κ2) is 9.70. The summed E-state index contributed by atoms with van der Waals surface area (Å²) in [6.07, 6.45) is 3.23. The lowest BCUT2D eigenvalue weighted by atomic mass is 10.0. The number of amides is 3. The van der Waals surface area contributed by atoms with Gasteiger partial charge in [-0.25, -0.2) is 9.59 Å². The van der Waals surface area contributed by atoms with Crippen LogP contribution in [-0.4, -0.2) is 62.5 Å². The van der Waals surface area contributed by atoms with Gasteiger partial charge in [-0.3, -0.25) is 9.69 Å². The Hall–Kier alpha value is -4.59. The molecule has 3 aromatic carbocycles. The highest BCUT2D eigenvalue weighted by Gasteiger charge is 2.53. The maximum atomic E-state index is 14.1. The molecule has 2 saturated heterocycles. The van der Waals surface area contributed by atoms with Crippen molar-refractivity contribution in [2.75, 3.05) is 11.4 Å². The molecule has 2 N–H and O–H groups in total. The number of carbonyl (C=O) groups excluding carboxylic acids is 2. The van der Waals surface area contributed by atoms with Gasteiger partial charge in [-0.05, 0) is 48.7 Å². The van der Waals surface area contributed by atoms with Gasteiger partial charge >= 0.3 is 12.0 Å². The number of para-hydroxylation sites is 3. The zero-order chi connectivity index (χ0) is 26.2. The number of carboxylic acid groups (broad SMARTS) is 1. The molecule has 0 saturated carbocycles. The third kappa shape index (κ3) is 4.08. The summed E-state index contributed by atoms with van der Waals surface area (Å²) in [7, 11) is 0. The van der Waals surface area contributed by atoms with Crippen LogP contribution in [-0.2, 0) is 16.0 Å². The van der Waals surface area contributed by atoms with E-state index in [0.29, 0.717) is 24.2 Å². The van der Waals surface area contributed by atoms with Crippen LogP contribution in [0.25, 0.3) is 10.9 Å². The number of hydrogen-bond acceptors (Lipinski definition) is 3. The van der Waals surface area contributed by atoms with E-state index in [4.69, 9.17) is 0 Å². The Labute approximate surface area is 221 Å². The molecule has 2 aliphatic heterocycles. The number of rotatable bonds is 5. The van der Waals surface area contributed by atoms with Crippen molar-refractivity contribution in [2.24, 2.45) is 0 Å². The summed E-state index contributed by atoms with van der Waals surface area (Å²) < 4.78 is 0. The number of H-pyrrole nitrogens is 1. The number of nitrogens with zero attached hydrogens (tertiary/aromatic N) is 3. The molecule has 38 heavy (non-hydrogen) atoms. The van der Waals surface area contributed by atoms with E-state index in [0.717, 1.165) is 16.5 Å². The highest BCUT2D eigenvalue weighted by atomic mass is 16.4. The number of anilines is 2. The highest BCUT2D eigenvalue weighted by Crippen LogP contribution is 2.37. The van der Waals surface area contributed by atoms with Crippen molar-refractivity contribution in [1.82, 2.24) is 14.8 Å². The molecule has 2 fully saturated rings. The summed E-state index contributed by atoms with van der Waals surface area (Å²) in [4.78, 5) is 48.3. The first-order valence-electron chi connectivity index (χ1n) is 12.8. The van der Waals surface area contributed by atoms with E-state index in [-0.39, 0.29) is 26.3 Å². The first-order chi connectivity index (χ1) is 18.5. The summed E-state index contributed by atoms with van der Waals surface area (Å²) in [6, 6.07) is 23.9. The lowest BCUT2D eigenvalue weighted by Crippen LogP contribution is -2.66. The third-order valence-electron chi connectivity index (χ3n) is 7.68. The minimum Gasteiger partial charge on any atom is -0.480 e. The first-order valence-corrected chi connectivity index (χ1v) is 12.8. The summed E-state index contributed by atoms with van der Waals surface area (Å²) in [5.41, 5.74) is 3.14. The van der Waals surface area contributed by atoms with Gasteiger partial charge in [0, 0.05) is 31.1 Å². The predicted octanol–water partition coefficient (Wildman–Crippen LogP) is 5.04. The van der Waals surface area contributed by atoms with E-state index in [9.17, 15) is 19.5 Å². The molecular formula is C30H30N4O4. The number of aliphatic carboxylic acids is 1. The van der Waals surface area contributed by atoms with Gasteiger partial charge in [0.1, 0.15) is 0 Å². The molecule has 0 spiro atoms. The SMILES string of the molecule is O=C(O)[C@@H]1[C@H]2CC[C@@H](CN1C(=O)N(c1ccccc1)c1ccccc1)N2C(=O)Cc1c[nH]c2ccccc12.[HH]. The van der Waals surface area contributed by atoms with Crippen LogP contribution in [0.4, 0.5) is 16.2 Å². The van der Waals surface area contributed by atoms with Gasteiger partial charge in [0.2, 0.25) is 5.91 Å². The van der Waals surface area contributed by atoms with E-state index in [1.54, 1.807) is 9.80 Å². The maximum absolute atomic E-state index is 14.1. The predicted molar refractivity (Wildman–Crippen MR) is 146 cm³/mol. The lowest BCUT2D eigenvalue weighted by Gasteiger charge is -2.46. The Balaban J connectivity index is 0.00000308. The largest absolute Gasteiger partial charge is 0.480 e. The fraction of sp³-hybridized carbons (Fsp3) is 0.233. The lowest BCUT2D eigenvalue weighted by molar-refractivity contribution is -0.150. The summed E-state index contributed by atoms with van der Waals surface area (Å²) >= 11 is 0. The smallest absolute Gasteiger partial charge is 0.329 e. The van der Waals surface area contributed by atoms with Gasteiger partial charge in [0.15, 0.2) is 6.04 Å². The Kier molecular flexibility index (Phi) is 6.07. The fourth-order valence-electron chi connectivity index (χ4n) is 6.02. The Morgan fingerprint density at radius 2 is 1.53 bits per heavy atom. The third-order valence-corrected chi connectivity index (χ3v) is 7.68. The highest BCUT2D eigenvalue weighted by molar-refractivity contribution is 6.01. The number of carboxylic acids is 1. The first kappa shape index (κ1) is 23.8. The Morgan fingerprint density at radius 3 is 2.18 bits per heavy atom. The van der Waals surface area contributed by atoms with Gasteiger partial charge in [-0.2, -0.15) is 0 Å². The van der Waals surface area contributed by atoms with Gasteiger partial charge in [-0.1, -0.05) is 54.6 Å². The summed E-state index contributed by atoms with van der Waals surface area (Å²) in [6.45, 7) is 0.169. The summed E-state index contributed by atoms with van der Waals surface area (Å²) in [5.74, 6) is -1.21. The van der Waals surface area contributed by atoms with Crippen molar-refractivity contribution in [3.63, 3.8) is 0 Å². The van der Waals surface area contributed by atoms with Crippen LogP contribution in [0.5, 0.6) is 0 Å². The molecule has 2 aliphatic rings. The fourth-order valence-corrected chi connectivity index (χ4v) is 6.02. The topological polar surface area (TPSA) is 96.9 Å². The Bertz CT molecular complexity index is 1450. The van der Waals surface area contributed by atoms with Crippen molar-refractivity contribution in [1.29, 1.82) is 0 Å². The second-order valence-corrected chi connectivity index (χ2v) is 9.86. The van der Waals surface area contributed by atoms with Crippen LogP contribution in [0.15, 0.2) is 91.1 Å². The standard InChI is InChI=1S/C30H28N4O4.H2/c35-27(17-20-18-31-25-14-8-7-13-24(20)25)34-23-15-16-26(34)28(29(36)37)32(19-23)30(38)33(21-9-3-1-4-10-21)22-11-5-2-6-12-22;/h1-14,18,23,26,28,31H,15-17,19H2,(H,36,37);1H/t23-,26+,28-;/m0./s1. The normalized spacial score (nSPS) is 20.5. The van der Waals surface area contributed by atoms with Crippen molar-refractivity contribution in [3.8, 4) is 0 Å². The van der Waals surface area contributed by atoms with Crippen LogP contribution in [0.1, 0.15) is 19.8 Å². The molecule has 0 unspecified atom stereocenters. The van der Waals surface area contributed by atoms with E-state index in [1.165, 1.54) is 4.90 Å². The monoisotopic (exact) mass is 510 g/mol. The molecule has 0 radical (unpaired) electrons. The van der Waals surface area contributed by atoms with Crippen molar-refractivity contribution < 1.29 is 20.9 Å². The molecule has 8 nitrogen and oxygen atoms in total. The van der Waals surface area contributed by atoms with Crippen LogP contribution in [0.2, 0.25) is 0 Å². The molecule has 3 heterocycles. The number of aromatic nitrogens is 1. The number of piperazine rings is 1. The molecule has 1 aromatic heterocycles. The molecule has 3 amide bonds. The van der Waals surface area contributed by atoms with E-state index in [1.807, 2.05) is 91.1 Å². The zero-order valence-corrected chi connectivity index (χ0v) is 20.7. The quantitative estimate of drug-likeness (QED) is 0.393. The molecule has 8 heteroatoms. The number of benzene rings is 3. The number of aromatic amines is 1. The Morgan fingerprint density at radius 1 is 0.895 bits per heavy atom. The van der Waals surface area contributed by atoms with Crippen LogP contribution in [0.3, 0.4) is 0 Å². The van der Waals surface area contributed by atoms with E-state index < -0.39 is 24.1 Å². The van der Waals surface area contributed by atoms with Gasteiger partial charge in [0.05, 0.1) is 23.8 Å². The zero-order valence-electron chi connectivity index (χ0n) is 20.7. The molecule has 4 aromatic rings. The molecule has 0 aliphatic carbocycles. The molecule has 6 rings (SSSR count). The van der Waals surface area contributed by atoms with Crippen LogP contribution in [0, 0.1) is 0 Å². The number of nitrogens with one attached hydrogen (secondary N) is 1. The van der Waals surface area contributed by atoms with Gasteiger partial charge < -0.3 is 19.9 Å². The average molecular weight is 511 g/mol. The number of carbonyl (C=O) groups is 3. The number of urea groups is 1. The second-order valence-electron chi connectivity index (χ2n) is 9.86. The van der Waals surface area contributed by atoms with Crippen LogP contribution >= 0.6 is 0 Å². The van der Waals surface area contributed by atoms with Crippen LogP contribution < -0.4 is 4.90 Å². The van der Waals surface area contributed by atoms with E-state index in [2.05, 4.69) is 4.98 Å².